The molecule has 3 rings (SSSR count). The number of aromatic carboxylic acids is 1. The molecule has 0 unspecified atom stereocenters. The van der Waals surface area contributed by atoms with Gasteiger partial charge in [0.2, 0.25) is 0 Å². The standard InChI is InChI=1S/C27H32Cl2N2O2/c1-2-3-4-5-6-7-12-31-19-22(16-26(31)27(32)33)13-20-8-10-25(11-9-20)30-18-21-14-23(28)17-24(29)15-21/h8-11,14-17,19,30H,2-7,12-13,18H2,1H3,(H,32,33). The van der Waals surface area contributed by atoms with Gasteiger partial charge in [0, 0.05) is 35.0 Å². The van der Waals surface area contributed by atoms with E-state index in [0.29, 0.717) is 28.7 Å². The number of rotatable bonds is 13. The summed E-state index contributed by atoms with van der Waals surface area (Å²) in [6.07, 6.45) is 9.83. The van der Waals surface area contributed by atoms with Gasteiger partial charge >= 0.3 is 5.97 Å². The molecule has 1 aromatic heterocycles. The molecular formula is C27H32Cl2N2O2. The minimum Gasteiger partial charge on any atom is -0.477 e. The second-order valence-electron chi connectivity index (χ2n) is 8.50. The van der Waals surface area contributed by atoms with E-state index in [1.54, 1.807) is 12.1 Å². The number of aromatic nitrogens is 1. The molecule has 0 amide bonds. The number of aryl methyl sites for hydroxylation is 1. The van der Waals surface area contributed by atoms with Crippen LogP contribution in [0, 0.1) is 0 Å². The average Bonchev–Trinajstić information content (AvgIpc) is 3.18. The molecule has 0 spiro atoms. The Labute approximate surface area is 206 Å². The lowest BCUT2D eigenvalue weighted by molar-refractivity contribution is 0.0685. The topological polar surface area (TPSA) is 54.3 Å². The van der Waals surface area contributed by atoms with E-state index in [-0.39, 0.29) is 0 Å². The first-order valence-corrected chi connectivity index (χ1v) is 12.4. The molecular weight excluding hydrogens is 455 g/mol. The molecule has 0 aliphatic carbocycles. The molecule has 4 nitrogen and oxygen atoms in total. The maximum Gasteiger partial charge on any atom is 0.352 e. The quantitative estimate of drug-likeness (QED) is 0.240. The first-order valence-electron chi connectivity index (χ1n) is 11.6. The van der Waals surface area contributed by atoms with Crippen LogP contribution >= 0.6 is 23.2 Å². The number of carboxylic acids is 1. The third-order valence-corrected chi connectivity index (χ3v) is 6.14. The highest BCUT2D eigenvalue weighted by Gasteiger charge is 2.13. The van der Waals surface area contributed by atoms with Crippen molar-refractivity contribution in [3.63, 3.8) is 0 Å². The molecule has 0 bridgehead atoms. The summed E-state index contributed by atoms with van der Waals surface area (Å²) in [6, 6.07) is 15.5. The molecule has 0 radical (unpaired) electrons. The third kappa shape index (κ3) is 8.13. The van der Waals surface area contributed by atoms with Gasteiger partial charge in [-0.05, 0) is 65.9 Å². The molecule has 0 aliphatic heterocycles. The van der Waals surface area contributed by atoms with E-state index in [0.717, 1.165) is 41.8 Å². The van der Waals surface area contributed by atoms with Gasteiger partial charge in [0.15, 0.2) is 0 Å². The summed E-state index contributed by atoms with van der Waals surface area (Å²) >= 11 is 12.1. The molecule has 2 aromatic carbocycles. The molecule has 0 aliphatic rings. The predicted molar refractivity (Wildman–Crippen MR) is 138 cm³/mol. The fourth-order valence-corrected chi connectivity index (χ4v) is 4.56. The highest BCUT2D eigenvalue weighted by atomic mass is 35.5. The fourth-order valence-electron chi connectivity index (χ4n) is 3.99. The number of carboxylic acid groups (broad SMARTS) is 1. The molecule has 6 heteroatoms. The van der Waals surface area contributed by atoms with E-state index in [2.05, 4.69) is 24.4 Å². The number of hydrogen-bond acceptors (Lipinski definition) is 2. The Balaban J connectivity index is 1.55. The first-order chi connectivity index (χ1) is 15.9. The number of unbranched alkanes of at least 4 members (excludes halogenated alkanes) is 5. The number of benzene rings is 2. The first kappa shape index (κ1) is 25.2. The Bertz CT molecular complexity index is 1020. The van der Waals surface area contributed by atoms with Gasteiger partial charge in [-0.25, -0.2) is 4.79 Å². The van der Waals surface area contributed by atoms with E-state index >= 15 is 0 Å². The van der Waals surface area contributed by atoms with Gasteiger partial charge in [-0.2, -0.15) is 0 Å². The van der Waals surface area contributed by atoms with Crippen molar-refractivity contribution in [2.45, 2.75) is 65.0 Å². The molecule has 0 fully saturated rings. The van der Waals surface area contributed by atoms with Gasteiger partial charge in [-0.1, -0.05) is 74.4 Å². The van der Waals surface area contributed by atoms with E-state index in [1.165, 1.54) is 25.7 Å². The van der Waals surface area contributed by atoms with Crippen molar-refractivity contribution in [3.8, 4) is 0 Å². The summed E-state index contributed by atoms with van der Waals surface area (Å²) in [5.41, 5.74) is 4.55. The van der Waals surface area contributed by atoms with Gasteiger partial charge in [0.1, 0.15) is 5.69 Å². The molecule has 0 saturated heterocycles. The Morgan fingerprint density at radius 2 is 1.55 bits per heavy atom. The highest BCUT2D eigenvalue weighted by Crippen LogP contribution is 2.21. The van der Waals surface area contributed by atoms with Gasteiger partial charge in [-0.3, -0.25) is 0 Å². The van der Waals surface area contributed by atoms with Crippen molar-refractivity contribution in [3.05, 3.63) is 87.2 Å². The Hall–Kier alpha value is -2.43. The van der Waals surface area contributed by atoms with Gasteiger partial charge in [0.25, 0.3) is 0 Å². The summed E-state index contributed by atoms with van der Waals surface area (Å²) in [6.45, 7) is 3.59. The monoisotopic (exact) mass is 486 g/mol. The second-order valence-corrected chi connectivity index (χ2v) is 9.38. The Morgan fingerprint density at radius 1 is 0.879 bits per heavy atom. The zero-order valence-electron chi connectivity index (χ0n) is 19.1. The van der Waals surface area contributed by atoms with E-state index in [1.807, 2.05) is 35.0 Å². The van der Waals surface area contributed by atoms with Crippen LogP contribution in [-0.2, 0) is 19.5 Å². The maximum absolute atomic E-state index is 11.7. The fraction of sp³-hybridized carbons (Fsp3) is 0.370. The minimum atomic E-state index is -0.868. The molecule has 33 heavy (non-hydrogen) atoms. The van der Waals surface area contributed by atoms with Crippen molar-refractivity contribution in [2.24, 2.45) is 0 Å². The summed E-state index contributed by atoms with van der Waals surface area (Å²) in [5.74, 6) is -0.868. The van der Waals surface area contributed by atoms with E-state index in [4.69, 9.17) is 23.2 Å². The predicted octanol–water partition coefficient (Wildman–Crippen LogP) is 8.06. The van der Waals surface area contributed by atoms with Crippen molar-refractivity contribution in [1.82, 2.24) is 4.57 Å². The van der Waals surface area contributed by atoms with Gasteiger partial charge < -0.3 is 15.0 Å². The average molecular weight is 487 g/mol. The van der Waals surface area contributed by atoms with Crippen LogP contribution in [0.25, 0.3) is 0 Å². The molecule has 3 aromatic rings. The third-order valence-electron chi connectivity index (χ3n) is 5.71. The Kier molecular flexibility index (Phi) is 9.71. The molecule has 2 N–H and O–H groups in total. The zero-order valence-corrected chi connectivity index (χ0v) is 20.6. The van der Waals surface area contributed by atoms with Crippen LogP contribution in [0.15, 0.2) is 54.7 Å². The van der Waals surface area contributed by atoms with Crippen LogP contribution < -0.4 is 5.32 Å². The van der Waals surface area contributed by atoms with Crippen molar-refractivity contribution >= 4 is 34.9 Å². The second kappa shape index (κ2) is 12.7. The van der Waals surface area contributed by atoms with Crippen LogP contribution in [0.4, 0.5) is 5.69 Å². The van der Waals surface area contributed by atoms with Gasteiger partial charge in [0.05, 0.1) is 0 Å². The number of anilines is 1. The summed E-state index contributed by atoms with van der Waals surface area (Å²) in [7, 11) is 0. The van der Waals surface area contributed by atoms with Crippen LogP contribution in [0.2, 0.25) is 10.0 Å². The zero-order chi connectivity index (χ0) is 23.6. The number of carbonyl (C=O) groups is 1. The molecule has 0 atom stereocenters. The number of halogens is 2. The minimum absolute atomic E-state index is 0.372. The normalized spacial score (nSPS) is 11.0. The van der Waals surface area contributed by atoms with E-state index in [9.17, 15) is 9.90 Å². The molecule has 0 saturated carbocycles. The van der Waals surface area contributed by atoms with Crippen LogP contribution in [0.1, 0.15) is 72.6 Å². The number of nitrogens with zero attached hydrogens (tertiary/aromatic N) is 1. The Morgan fingerprint density at radius 3 is 2.21 bits per heavy atom. The largest absolute Gasteiger partial charge is 0.477 e. The van der Waals surface area contributed by atoms with Crippen LogP contribution in [0.3, 0.4) is 0 Å². The smallest absolute Gasteiger partial charge is 0.352 e. The lowest BCUT2D eigenvalue weighted by atomic mass is 10.1. The lowest BCUT2D eigenvalue weighted by Crippen LogP contribution is -2.07. The highest BCUT2D eigenvalue weighted by molar-refractivity contribution is 6.34. The van der Waals surface area contributed by atoms with Crippen LogP contribution in [-0.4, -0.2) is 15.6 Å². The number of nitrogens with one attached hydrogen (secondary N) is 1. The van der Waals surface area contributed by atoms with E-state index < -0.39 is 5.97 Å². The lowest BCUT2D eigenvalue weighted by Gasteiger charge is -2.08. The SMILES string of the molecule is CCCCCCCCn1cc(Cc2ccc(NCc3cc(Cl)cc(Cl)c3)cc2)cc1C(=O)O. The summed E-state index contributed by atoms with van der Waals surface area (Å²) in [4.78, 5) is 11.7. The number of hydrogen-bond donors (Lipinski definition) is 2. The summed E-state index contributed by atoms with van der Waals surface area (Å²) < 4.78 is 1.89. The van der Waals surface area contributed by atoms with Crippen molar-refractivity contribution in [2.75, 3.05) is 5.32 Å². The molecule has 1 heterocycles. The van der Waals surface area contributed by atoms with Crippen molar-refractivity contribution < 1.29 is 9.90 Å². The van der Waals surface area contributed by atoms with Crippen LogP contribution in [0.5, 0.6) is 0 Å². The maximum atomic E-state index is 11.7. The van der Waals surface area contributed by atoms with Gasteiger partial charge in [-0.15, -0.1) is 0 Å². The summed E-state index contributed by atoms with van der Waals surface area (Å²) in [5, 5.41) is 14.2. The van der Waals surface area contributed by atoms with Crippen molar-refractivity contribution in [1.29, 1.82) is 0 Å². The molecule has 176 valence electrons.